The molecule has 0 aliphatic rings. The van der Waals surface area contributed by atoms with Crippen molar-refractivity contribution in [3.8, 4) is 11.8 Å². The number of halogens is 3. The van der Waals surface area contributed by atoms with Crippen LogP contribution in [0.25, 0.3) is 0 Å². The second-order valence-electron chi connectivity index (χ2n) is 3.80. The summed E-state index contributed by atoms with van der Waals surface area (Å²) in [5.74, 6) is -2.14. The van der Waals surface area contributed by atoms with E-state index in [0.29, 0.717) is 10.0 Å². The number of benzene rings is 2. The monoisotopic (exact) mass is 323 g/mol. The van der Waals surface area contributed by atoms with Gasteiger partial charge >= 0.3 is 0 Å². The molecule has 0 radical (unpaired) electrons. The van der Waals surface area contributed by atoms with Crippen molar-refractivity contribution in [1.29, 1.82) is 5.26 Å². The predicted molar refractivity (Wildman–Crippen MR) is 69.5 cm³/mol. The summed E-state index contributed by atoms with van der Waals surface area (Å²) < 4.78 is 32.2. The van der Waals surface area contributed by atoms with E-state index in [4.69, 9.17) is 10.00 Å². The summed E-state index contributed by atoms with van der Waals surface area (Å²) in [4.78, 5) is 0. The van der Waals surface area contributed by atoms with E-state index in [-0.39, 0.29) is 12.4 Å². The molecule has 0 spiro atoms. The average molecular weight is 324 g/mol. The first-order valence-electron chi connectivity index (χ1n) is 5.36. The van der Waals surface area contributed by atoms with E-state index < -0.39 is 11.6 Å². The van der Waals surface area contributed by atoms with Crippen LogP contribution in [0.15, 0.2) is 40.9 Å². The molecule has 0 saturated heterocycles. The Morgan fingerprint density at radius 2 is 1.84 bits per heavy atom. The van der Waals surface area contributed by atoms with Gasteiger partial charge in [0, 0.05) is 4.47 Å². The zero-order chi connectivity index (χ0) is 13.8. The Morgan fingerprint density at radius 1 is 1.16 bits per heavy atom. The van der Waals surface area contributed by atoms with Gasteiger partial charge < -0.3 is 4.74 Å². The lowest BCUT2D eigenvalue weighted by Crippen LogP contribution is -1.99. The molecule has 0 atom stereocenters. The topological polar surface area (TPSA) is 33.0 Å². The van der Waals surface area contributed by atoms with E-state index >= 15 is 0 Å². The first kappa shape index (κ1) is 13.5. The van der Waals surface area contributed by atoms with Gasteiger partial charge in [0.15, 0.2) is 11.6 Å². The minimum atomic E-state index is -1.02. The van der Waals surface area contributed by atoms with E-state index in [1.54, 1.807) is 24.3 Å². The first-order valence-corrected chi connectivity index (χ1v) is 6.16. The Hall–Kier alpha value is -1.93. The Bertz CT molecular complexity index is 635. The van der Waals surface area contributed by atoms with E-state index in [0.717, 1.165) is 11.6 Å². The second-order valence-corrected chi connectivity index (χ2v) is 4.71. The fourth-order valence-electron chi connectivity index (χ4n) is 1.47. The van der Waals surface area contributed by atoms with Gasteiger partial charge in [-0.2, -0.15) is 9.65 Å². The van der Waals surface area contributed by atoms with Crippen LogP contribution in [0.2, 0.25) is 0 Å². The van der Waals surface area contributed by atoms with Crippen LogP contribution in [0.3, 0.4) is 0 Å². The minimum absolute atomic E-state index is 0.0958. The summed E-state index contributed by atoms with van der Waals surface area (Å²) in [6.07, 6.45) is 0. The number of nitrogens with zero attached hydrogens (tertiary/aromatic N) is 1. The van der Waals surface area contributed by atoms with Crippen molar-refractivity contribution in [1.82, 2.24) is 0 Å². The van der Waals surface area contributed by atoms with Gasteiger partial charge in [-0.3, -0.25) is 0 Å². The first-order chi connectivity index (χ1) is 9.10. The van der Waals surface area contributed by atoms with Crippen molar-refractivity contribution in [3.05, 3.63) is 63.6 Å². The fraction of sp³-hybridized carbons (Fsp3) is 0.0714. The van der Waals surface area contributed by atoms with Gasteiger partial charge in [0.25, 0.3) is 0 Å². The molecule has 19 heavy (non-hydrogen) atoms. The molecule has 0 N–H and O–H groups in total. The summed E-state index contributed by atoms with van der Waals surface area (Å²) in [7, 11) is 0. The Kier molecular flexibility index (Phi) is 4.13. The third-order valence-electron chi connectivity index (χ3n) is 2.44. The molecular formula is C14H8BrF2NO. The zero-order valence-corrected chi connectivity index (χ0v) is 11.2. The van der Waals surface area contributed by atoms with Crippen molar-refractivity contribution in [2.75, 3.05) is 0 Å². The Labute approximate surface area is 117 Å². The summed E-state index contributed by atoms with van der Waals surface area (Å²) in [6.45, 7) is 0.0958. The molecule has 5 heteroatoms. The molecule has 2 aromatic carbocycles. The van der Waals surface area contributed by atoms with E-state index in [1.165, 1.54) is 6.07 Å². The lowest BCUT2D eigenvalue weighted by Gasteiger charge is -2.08. The molecule has 0 unspecified atom stereocenters. The molecule has 0 amide bonds. The van der Waals surface area contributed by atoms with Crippen molar-refractivity contribution < 1.29 is 13.5 Å². The summed E-state index contributed by atoms with van der Waals surface area (Å²) in [5.41, 5.74) is 1.29. The van der Waals surface area contributed by atoms with Crippen LogP contribution in [0.4, 0.5) is 8.78 Å². The second kappa shape index (κ2) is 5.81. The number of hydrogen-bond acceptors (Lipinski definition) is 2. The molecular weight excluding hydrogens is 316 g/mol. The average Bonchev–Trinajstić information content (AvgIpc) is 2.41. The smallest absolute Gasteiger partial charge is 0.200 e. The highest BCUT2D eigenvalue weighted by Crippen LogP contribution is 2.26. The molecule has 0 aromatic heterocycles. The highest BCUT2D eigenvalue weighted by molar-refractivity contribution is 9.10. The quantitative estimate of drug-likeness (QED) is 0.794. The Balaban J connectivity index is 2.12. The van der Waals surface area contributed by atoms with Gasteiger partial charge in [-0.15, -0.1) is 0 Å². The minimum Gasteiger partial charge on any atom is -0.486 e. The van der Waals surface area contributed by atoms with Gasteiger partial charge in [-0.25, -0.2) is 4.39 Å². The molecule has 2 aromatic rings. The molecule has 0 saturated carbocycles. The molecule has 0 aliphatic heterocycles. The van der Waals surface area contributed by atoms with Gasteiger partial charge in [-0.1, -0.05) is 28.1 Å². The van der Waals surface area contributed by atoms with Crippen LogP contribution in [0.1, 0.15) is 11.1 Å². The third-order valence-corrected chi connectivity index (χ3v) is 2.89. The number of rotatable bonds is 3. The SMILES string of the molecule is N#Cc1ccc(COc2cc(Br)cc(F)c2F)cc1. The maximum absolute atomic E-state index is 13.4. The normalized spacial score (nSPS) is 10.0. The van der Waals surface area contributed by atoms with E-state index in [1.807, 2.05) is 6.07 Å². The van der Waals surface area contributed by atoms with Gasteiger partial charge in [0.1, 0.15) is 6.61 Å². The van der Waals surface area contributed by atoms with Crippen LogP contribution in [-0.2, 0) is 6.61 Å². The lowest BCUT2D eigenvalue weighted by molar-refractivity contribution is 0.284. The summed E-state index contributed by atoms with van der Waals surface area (Å²) >= 11 is 3.07. The summed E-state index contributed by atoms with van der Waals surface area (Å²) in [6, 6.07) is 11.1. The number of nitriles is 1. The van der Waals surface area contributed by atoms with Crippen molar-refractivity contribution in [2.24, 2.45) is 0 Å². The molecule has 2 rings (SSSR count). The summed E-state index contributed by atoms with van der Waals surface area (Å²) in [5, 5.41) is 8.66. The van der Waals surface area contributed by atoms with Gasteiger partial charge in [0.05, 0.1) is 11.6 Å². The maximum Gasteiger partial charge on any atom is 0.200 e. The van der Waals surface area contributed by atoms with Crippen molar-refractivity contribution in [2.45, 2.75) is 6.61 Å². The fourth-order valence-corrected chi connectivity index (χ4v) is 1.88. The van der Waals surface area contributed by atoms with Gasteiger partial charge in [0.2, 0.25) is 5.82 Å². The van der Waals surface area contributed by atoms with Crippen LogP contribution >= 0.6 is 15.9 Å². The third kappa shape index (κ3) is 3.30. The highest BCUT2D eigenvalue weighted by Gasteiger charge is 2.11. The van der Waals surface area contributed by atoms with E-state index in [9.17, 15) is 8.78 Å². The standard InChI is InChI=1S/C14H8BrF2NO/c15-11-5-12(16)14(17)13(6-11)19-8-10-3-1-9(7-18)2-4-10/h1-6H,8H2. The predicted octanol–water partition coefficient (Wildman–Crippen LogP) is 4.18. The molecule has 96 valence electrons. The molecule has 0 fully saturated rings. The molecule has 0 aliphatic carbocycles. The highest BCUT2D eigenvalue weighted by atomic mass is 79.9. The van der Waals surface area contributed by atoms with Crippen LogP contribution < -0.4 is 4.74 Å². The molecule has 2 nitrogen and oxygen atoms in total. The molecule has 0 bridgehead atoms. The van der Waals surface area contributed by atoms with Crippen LogP contribution in [0.5, 0.6) is 5.75 Å². The van der Waals surface area contributed by atoms with E-state index in [2.05, 4.69) is 15.9 Å². The number of hydrogen-bond donors (Lipinski definition) is 0. The lowest BCUT2D eigenvalue weighted by atomic mass is 10.1. The molecule has 0 heterocycles. The largest absolute Gasteiger partial charge is 0.486 e. The van der Waals surface area contributed by atoms with Crippen molar-refractivity contribution in [3.63, 3.8) is 0 Å². The van der Waals surface area contributed by atoms with Crippen LogP contribution in [-0.4, -0.2) is 0 Å². The zero-order valence-electron chi connectivity index (χ0n) is 9.66. The number of ether oxygens (including phenoxy) is 1. The van der Waals surface area contributed by atoms with Crippen molar-refractivity contribution >= 4 is 15.9 Å². The van der Waals surface area contributed by atoms with Gasteiger partial charge in [-0.05, 0) is 29.8 Å². The van der Waals surface area contributed by atoms with Crippen LogP contribution in [0, 0.1) is 23.0 Å². The Morgan fingerprint density at radius 3 is 2.47 bits per heavy atom. The maximum atomic E-state index is 13.4.